The Labute approximate surface area is 127 Å². The number of carbonyl (C=O) groups excluding carboxylic acids is 1. The molecule has 21 heavy (non-hydrogen) atoms. The first-order chi connectivity index (χ1) is 10.0. The number of hydrogen-bond donors (Lipinski definition) is 1. The molecular formula is C17H26N2O2. The van der Waals surface area contributed by atoms with E-state index in [0.29, 0.717) is 19.6 Å². The number of nitrogens with two attached hydrogens (primary N) is 1. The molecule has 0 saturated carbocycles. The van der Waals surface area contributed by atoms with Crippen LogP contribution in [-0.2, 0) is 9.53 Å². The number of rotatable bonds is 4. The smallest absolute Gasteiger partial charge is 0.223 e. The molecule has 1 fully saturated rings. The van der Waals surface area contributed by atoms with Gasteiger partial charge in [-0.15, -0.1) is 0 Å². The Morgan fingerprint density at radius 2 is 2.05 bits per heavy atom. The molecule has 0 aliphatic carbocycles. The van der Waals surface area contributed by atoms with Gasteiger partial charge in [0, 0.05) is 6.42 Å². The van der Waals surface area contributed by atoms with Crippen LogP contribution in [-0.4, -0.2) is 36.0 Å². The molecule has 4 heteroatoms. The fourth-order valence-electron chi connectivity index (χ4n) is 2.99. The minimum absolute atomic E-state index is 0.0358. The summed E-state index contributed by atoms with van der Waals surface area (Å²) < 4.78 is 5.98. The van der Waals surface area contributed by atoms with Crippen molar-refractivity contribution < 1.29 is 9.53 Å². The summed E-state index contributed by atoms with van der Waals surface area (Å²) in [6, 6.07) is 10.3. The van der Waals surface area contributed by atoms with Crippen molar-refractivity contribution in [3.8, 4) is 0 Å². The van der Waals surface area contributed by atoms with Crippen LogP contribution >= 0.6 is 0 Å². The zero-order chi connectivity index (χ0) is 15.4. The SMILES string of the molecule is C[C@H](CN)CC(=O)N1[C@H](C)CO[C@H](c2ccccc2)[C@H]1C. The van der Waals surface area contributed by atoms with E-state index in [1.807, 2.05) is 36.9 Å². The molecule has 1 saturated heterocycles. The predicted octanol–water partition coefficient (Wildman–Crippen LogP) is 2.35. The van der Waals surface area contributed by atoms with Gasteiger partial charge in [-0.25, -0.2) is 0 Å². The lowest BCUT2D eigenvalue weighted by Gasteiger charge is -2.44. The van der Waals surface area contributed by atoms with Gasteiger partial charge in [-0.2, -0.15) is 0 Å². The molecule has 0 radical (unpaired) electrons. The van der Waals surface area contributed by atoms with Crippen LogP contribution < -0.4 is 5.73 Å². The molecule has 0 aromatic heterocycles. The summed E-state index contributed by atoms with van der Waals surface area (Å²) >= 11 is 0. The average Bonchev–Trinajstić information content (AvgIpc) is 2.48. The van der Waals surface area contributed by atoms with Gasteiger partial charge in [-0.3, -0.25) is 4.79 Å². The van der Waals surface area contributed by atoms with Crippen LogP contribution in [0.1, 0.15) is 38.9 Å². The monoisotopic (exact) mass is 290 g/mol. The van der Waals surface area contributed by atoms with E-state index >= 15 is 0 Å². The summed E-state index contributed by atoms with van der Waals surface area (Å²) in [7, 11) is 0. The zero-order valence-corrected chi connectivity index (χ0v) is 13.2. The van der Waals surface area contributed by atoms with E-state index < -0.39 is 0 Å². The Balaban J connectivity index is 2.14. The Morgan fingerprint density at radius 1 is 1.38 bits per heavy atom. The molecule has 1 amide bonds. The Hall–Kier alpha value is -1.39. The molecule has 0 spiro atoms. The van der Waals surface area contributed by atoms with Crippen LogP contribution in [0.2, 0.25) is 0 Å². The maximum absolute atomic E-state index is 12.6. The molecule has 4 nitrogen and oxygen atoms in total. The third kappa shape index (κ3) is 3.63. The van der Waals surface area contributed by atoms with Crippen molar-refractivity contribution in [3.63, 3.8) is 0 Å². The van der Waals surface area contributed by atoms with Crippen molar-refractivity contribution in [1.29, 1.82) is 0 Å². The van der Waals surface area contributed by atoms with Crippen LogP contribution in [0.4, 0.5) is 0 Å². The second-order valence-electron chi connectivity index (χ2n) is 6.10. The van der Waals surface area contributed by atoms with Crippen molar-refractivity contribution in [2.75, 3.05) is 13.2 Å². The lowest BCUT2D eigenvalue weighted by atomic mass is 9.97. The summed E-state index contributed by atoms with van der Waals surface area (Å²) in [5, 5.41) is 0. The first-order valence-electron chi connectivity index (χ1n) is 7.72. The van der Waals surface area contributed by atoms with Crippen LogP contribution in [0.15, 0.2) is 30.3 Å². The Morgan fingerprint density at radius 3 is 2.67 bits per heavy atom. The number of ether oxygens (including phenoxy) is 1. The molecule has 2 N–H and O–H groups in total. The van der Waals surface area contributed by atoms with Crippen molar-refractivity contribution in [2.45, 2.75) is 45.4 Å². The Kier molecular flexibility index (Phi) is 5.37. The summed E-state index contributed by atoms with van der Waals surface area (Å²) in [4.78, 5) is 14.6. The highest BCUT2D eigenvalue weighted by molar-refractivity contribution is 5.77. The number of benzene rings is 1. The molecule has 116 valence electrons. The second kappa shape index (κ2) is 7.05. The van der Waals surface area contributed by atoms with E-state index in [9.17, 15) is 4.79 Å². The van der Waals surface area contributed by atoms with Gasteiger partial charge in [-0.1, -0.05) is 37.3 Å². The van der Waals surface area contributed by atoms with E-state index in [1.165, 1.54) is 0 Å². The van der Waals surface area contributed by atoms with Crippen LogP contribution in [0.5, 0.6) is 0 Å². The maximum Gasteiger partial charge on any atom is 0.223 e. The van der Waals surface area contributed by atoms with Gasteiger partial charge in [0.15, 0.2) is 0 Å². The van der Waals surface area contributed by atoms with E-state index in [-0.39, 0.29) is 30.0 Å². The van der Waals surface area contributed by atoms with Crippen LogP contribution in [0.3, 0.4) is 0 Å². The normalized spacial score (nSPS) is 27.4. The standard InChI is InChI=1S/C17H26N2O2/c1-12(10-18)9-16(20)19-13(2)11-21-17(14(19)3)15-7-5-4-6-8-15/h4-8,12-14,17H,9-11,18H2,1-3H3/t12-,13+,14+,17-/m0/s1. The largest absolute Gasteiger partial charge is 0.369 e. The minimum atomic E-state index is -0.0560. The molecule has 0 unspecified atom stereocenters. The first kappa shape index (κ1) is 16.0. The van der Waals surface area contributed by atoms with E-state index in [0.717, 1.165) is 5.56 Å². The predicted molar refractivity (Wildman–Crippen MR) is 83.7 cm³/mol. The maximum atomic E-state index is 12.6. The zero-order valence-electron chi connectivity index (χ0n) is 13.2. The third-order valence-electron chi connectivity index (χ3n) is 4.21. The van der Waals surface area contributed by atoms with E-state index in [2.05, 4.69) is 19.1 Å². The van der Waals surface area contributed by atoms with Crippen LogP contribution in [0.25, 0.3) is 0 Å². The van der Waals surface area contributed by atoms with Gasteiger partial charge in [-0.05, 0) is 31.9 Å². The number of amides is 1. The average molecular weight is 290 g/mol. The van der Waals surface area contributed by atoms with Gasteiger partial charge in [0.05, 0.1) is 18.7 Å². The summed E-state index contributed by atoms with van der Waals surface area (Å²) in [6.45, 7) is 7.25. The first-order valence-corrected chi connectivity index (χ1v) is 7.72. The fraction of sp³-hybridized carbons (Fsp3) is 0.588. The summed E-state index contributed by atoms with van der Waals surface area (Å²) in [5.41, 5.74) is 6.77. The fourth-order valence-corrected chi connectivity index (χ4v) is 2.99. The van der Waals surface area contributed by atoms with E-state index in [1.54, 1.807) is 0 Å². The lowest BCUT2D eigenvalue weighted by Crippen LogP contribution is -2.54. The number of carbonyl (C=O) groups is 1. The molecule has 4 atom stereocenters. The van der Waals surface area contributed by atoms with Gasteiger partial charge in [0.25, 0.3) is 0 Å². The topological polar surface area (TPSA) is 55.6 Å². The van der Waals surface area contributed by atoms with Gasteiger partial charge < -0.3 is 15.4 Å². The van der Waals surface area contributed by atoms with Crippen molar-refractivity contribution in [1.82, 2.24) is 4.90 Å². The van der Waals surface area contributed by atoms with Crippen molar-refractivity contribution >= 4 is 5.91 Å². The summed E-state index contributed by atoms with van der Waals surface area (Å²) in [6.07, 6.45) is 0.451. The summed E-state index contributed by atoms with van der Waals surface area (Å²) in [5.74, 6) is 0.395. The molecular weight excluding hydrogens is 264 g/mol. The quantitative estimate of drug-likeness (QED) is 0.926. The lowest BCUT2D eigenvalue weighted by molar-refractivity contribution is -0.154. The van der Waals surface area contributed by atoms with Crippen molar-refractivity contribution in [3.05, 3.63) is 35.9 Å². The highest BCUT2D eigenvalue weighted by Gasteiger charge is 2.37. The number of hydrogen-bond acceptors (Lipinski definition) is 3. The van der Waals surface area contributed by atoms with Crippen molar-refractivity contribution in [2.24, 2.45) is 11.7 Å². The molecule has 2 rings (SSSR count). The second-order valence-corrected chi connectivity index (χ2v) is 6.10. The number of nitrogens with zero attached hydrogens (tertiary/aromatic N) is 1. The highest BCUT2D eigenvalue weighted by atomic mass is 16.5. The molecule has 0 bridgehead atoms. The molecule has 1 aromatic rings. The van der Waals surface area contributed by atoms with Gasteiger partial charge >= 0.3 is 0 Å². The minimum Gasteiger partial charge on any atom is -0.369 e. The van der Waals surface area contributed by atoms with E-state index in [4.69, 9.17) is 10.5 Å². The highest BCUT2D eigenvalue weighted by Crippen LogP contribution is 2.31. The Bertz CT molecular complexity index is 463. The molecule has 1 heterocycles. The molecule has 1 aliphatic heterocycles. The van der Waals surface area contributed by atoms with Gasteiger partial charge in [0.1, 0.15) is 6.10 Å². The molecule has 1 aliphatic rings. The van der Waals surface area contributed by atoms with Crippen LogP contribution in [0, 0.1) is 5.92 Å². The molecule has 1 aromatic carbocycles. The van der Waals surface area contributed by atoms with Gasteiger partial charge in [0.2, 0.25) is 5.91 Å². The third-order valence-corrected chi connectivity index (χ3v) is 4.21. The number of morpholine rings is 1.